The highest BCUT2D eigenvalue weighted by atomic mass is 19.1. The minimum absolute atomic E-state index is 0.338. The number of anilines is 1. The van der Waals surface area contributed by atoms with E-state index in [-0.39, 0.29) is 5.82 Å². The van der Waals surface area contributed by atoms with Crippen LogP contribution in [0.5, 0.6) is 5.75 Å². The van der Waals surface area contributed by atoms with Crippen molar-refractivity contribution in [2.75, 3.05) is 12.8 Å². The zero-order valence-corrected chi connectivity index (χ0v) is 11.0. The molecule has 0 atom stereocenters. The van der Waals surface area contributed by atoms with Crippen LogP contribution < -0.4 is 10.5 Å². The first-order chi connectivity index (χ1) is 9.17. The Hall–Kier alpha value is -2.17. The van der Waals surface area contributed by atoms with Crippen molar-refractivity contribution >= 4 is 5.82 Å². The molecule has 0 spiro atoms. The van der Waals surface area contributed by atoms with Gasteiger partial charge in [-0.15, -0.1) is 0 Å². The molecule has 0 aliphatic heterocycles. The van der Waals surface area contributed by atoms with Gasteiger partial charge in [-0.3, -0.25) is 0 Å². The van der Waals surface area contributed by atoms with Crippen LogP contribution in [0.3, 0.4) is 0 Å². The molecule has 0 unspecified atom stereocenters. The molecule has 19 heavy (non-hydrogen) atoms. The SMILES string of the molecule is CCCc1c(N)ncnc1-c1cc(F)ccc1OC. The van der Waals surface area contributed by atoms with Gasteiger partial charge in [0.1, 0.15) is 23.7 Å². The lowest BCUT2D eigenvalue weighted by Gasteiger charge is -2.13. The van der Waals surface area contributed by atoms with Gasteiger partial charge in [0.2, 0.25) is 0 Å². The zero-order valence-electron chi connectivity index (χ0n) is 11.0. The maximum Gasteiger partial charge on any atom is 0.130 e. The van der Waals surface area contributed by atoms with Crippen LogP contribution in [-0.4, -0.2) is 17.1 Å². The molecule has 2 N–H and O–H groups in total. The van der Waals surface area contributed by atoms with Crippen LogP contribution in [0.2, 0.25) is 0 Å². The Kier molecular flexibility index (Phi) is 3.94. The van der Waals surface area contributed by atoms with Crippen molar-refractivity contribution in [1.82, 2.24) is 9.97 Å². The number of nitrogens with zero attached hydrogens (tertiary/aromatic N) is 2. The topological polar surface area (TPSA) is 61.0 Å². The number of hydrogen-bond acceptors (Lipinski definition) is 4. The number of aromatic nitrogens is 2. The van der Waals surface area contributed by atoms with E-state index in [0.29, 0.717) is 22.8 Å². The van der Waals surface area contributed by atoms with Crippen LogP contribution in [0.1, 0.15) is 18.9 Å². The summed E-state index contributed by atoms with van der Waals surface area (Å²) < 4.78 is 18.7. The summed E-state index contributed by atoms with van der Waals surface area (Å²) in [6.07, 6.45) is 3.03. The van der Waals surface area contributed by atoms with Gasteiger partial charge in [0.15, 0.2) is 0 Å². The average Bonchev–Trinajstić information content (AvgIpc) is 2.41. The van der Waals surface area contributed by atoms with Crippen LogP contribution in [0.4, 0.5) is 10.2 Å². The van der Waals surface area contributed by atoms with Gasteiger partial charge in [0.25, 0.3) is 0 Å². The molecular weight excluding hydrogens is 245 g/mol. The molecule has 0 bridgehead atoms. The van der Waals surface area contributed by atoms with Crippen molar-refractivity contribution < 1.29 is 9.13 Å². The lowest BCUT2D eigenvalue weighted by molar-refractivity contribution is 0.415. The highest BCUT2D eigenvalue weighted by Crippen LogP contribution is 2.33. The van der Waals surface area contributed by atoms with Crippen molar-refractivity contribution in [2.24, 2.45) is 0 Å². The van der Waals surface area contributed by atoms with E-state index >= 15 is 0 Å². The van der Waals surface area contributed by atoms with E-state index in [1.54, 1.807) is 13.2 Å². The molecule has 5 heteroatoms. The minimum Gasteiger partial charge on any atom is -0.496 e. The number of nitrogens with two attached hydrogens (primary N) is 1. The summed E-state index contributed by atoms with van der Waals surface area (Å²) in [6, 6.07) is 4.34. The first kappa shape index (κ1) is 13.3. The number of nitrogen functional groups attached to an aromatic ring is 1. The summed E-state index contributed by atoms with van der Waals surface area (Å²) in [4.78, 5) is 8.23. The molecule has 1 aromatic heterocycles. The third kappa shape index (κ3) is 2.65. The molecule has 1 heterocycles. The van der Waals surface area contributed by atoms with Gasteiger partial charge in [0, 0.05) is 11.1 Å². The number of ether oxygens (including phenoxy) is 1. The standard InChI is InChI=1S/C14H16FN3O/c1-3-4-10-13(17-8-18-14(10)16)11-7-9(15)5-6-12(11)19-2/h5-8H,3-4H2,1-2H3,(H2,16,17,18). The third-order valence-corrected chi connectivity index (χ3v) is 2.90. The van der Waals surface area contributed by atoms with Crippen molar-refractivity contribution in [3.8, 4) is 17.0 Å². The number of rotatable bonds is 4. The second-order valence-corrected chi connectivity index (χ2v) is 4.18. The molecule has 0 saturated heterocycles. The molecule has 0 aliphatic carbocycles. The van der Waals surface area contributed by atoms with Crippen LogP contribution in [-0.2, 0) is 6.42 Å². The zero-order chi connectivity index (χ0) is 13.8. The van der Waals surface area contributed by atoms with E-state index in [4.69, 9.17) is 10.5 Å². The molecule has 0 radical (unpaired) electrons. The van der Waals surface area contributed by atoms with Crippen molar-refractivity contribution in [1.29, 1.82) is 0 Å². The molecule has 2 rings (SSSR count). The van der Waals surface area contributed by atoms with E-state index in [2.05, 4.69) is 9.97 Å². The summed E-state index contributed by atoms with van der Waals surface area (Å²) >= 11 is 0. The van der Waals surface area contributed by atoms with Gasteiger partial charge in [-0.05, 0) is 24.6 Å². The predicted molar refractivity (Wildman–Crippen MR) is 72.4 cm³/mol. The number of methoxy groups -OCH3 is 1. The number of benzene rings is 1. The molecule has 100 valence electrons. The Balaban J connectivity index is 2.64. The first-order valence-corrected chi connectivity index (χ1v) is 6.10. The van der Waals surface area contributed by atoms with Gasteiger partial charge in [-0.25, -0.2) is 14.4 Å². The Morgan fingerprint density at radius 1 is 1.32 bits per heavy atom. The van der Waals surface area contributed by atoms with Crippen molar-refractivity contribution in [3.63, 3.8) is 0 Å². The monoisotopic (exact) mass is 261 g/mol. The molecule has 0 saturated carbocycles. The lowest BCUT2D eigenvalue weighted by Crippen LogP contribution is -2.03. The van der Waals surface area contributed by atoms with Crippen LogP contribution in [0.25, 0.3) is 11.3 Å². The van der Waals surface area contributed by atoms with Gasteiger partial charge >= 0.3 is 0 Å². The van der Waals surface area contributed by atoms with Gasteiger partial charge < -0.3 is 10.5 Å². The van der Waals surface area contributed by atoms with Crippen LogP contribution in [0.15, 0.2) is 24.5 Å². The number of hydrogen-bond donors (Lipinski definition) is 1. The summed E-state index contributed by atoms with van der Waals surface area (Å²) in [5.41, 5.74) is 7.94. The van der Waals surface area contributed by atoms with E-state index in [9.17, 15) is 4.39 Å². The van der Waals surface area contributed by atoms with Gasteiger partial charge in [0.05, 0.1) is 12.8 Å². The predicted octanol–water partition coefficient (Wildman–Crippen LogP) is 2.83. The fourth-order valence-corrected chi connectivity index (χ4v) is 2.02. The molecule has 0 amide bonds. The quantitative estimate of drug-likeness (QED) is 0.919. The Labute approximate surface area is 111 Å². The second kappa shape index (κ2) is 5.65. The fraction of sp³-hybridized carbons (Fsp3) is 0.286. The Morgan fingerprint density at radius 3 is 2.79 bits per heavy atom. The maximum atomic E-state index is 13.5. The third-order valence-electron chi connectivity index (χ3n) is 2.90. The lowest BCUT2D eigenvalue weighted by atomic mass is 10.0. The van der Waals surface area contributed by atoms with E-state index < -0.39 is 0 Å². The van der Waals surface area contributed by atoms with Gasteiger partial charge in [-0.1, -0.05) is 13.3 Å². The second-order valence-electron chi connectivity index (χ2n) is 4.18. The molecule has 4 nitrogen and oxygen atoms in total. The van der Waals surface area contributed by atoms with E-state index in [1.165, 1.54) is 18.5 Å². The average molecular weight is 261 g/mol. The summed E-state index contributed by atoms with van der Waals surface area (Å²) in [7, 11) is 1.54. The first-order valence-electron chi connectivity index (χ1n) is 6.10. The van der Waals surface area contributed by atoms with Crippen molar-refractivity contribution in [2.45, 2.75) is 19.8 Å². The van der Waals surface area contributed by atoms with Crippen molar-refractivity contribution in [3.05, 3.63) is 35.9 Å². The normalized spacial score (nSPS) is 10.5. The summed E-state index contributed by atoms with van der Waals surface area (Å²) in [5.74, 6) is 0.658. The summed E-state index contributed by atoms with van der Waals surface area (Å²) in [5, 5.41) is 0. The van der Waals surface area contributed by atoms with E-state index in [0.717, 1.165) is 18.4 Å². The van der Waals surface area contributed by atoms with Crippen LogP contribution >= 0.6 is 0 Å². The molecule has 1 aromatic carbocycles. The van der Waals surface area contributed by atoms with E-state index in [1.807, 2.05) is 6.92 Å². The Bertz CT molecular complexity index is 587. The van der Waals surface area contributed by atoms with Crippen LogP contribution in [0, 0.1) is 5.82 Å². The summed E-state index contributed by atoms with van der Waals surface area (Å²) in [6.45, 7) is 2.04. The molecular formula is C14H16FN3O. The maximum absolute atomic E-state index is 13.5. The molecule has 0 aliphatic rings. The fourth-order valence-electron chi connectivity index (χ4n) is 2.02. The molecule has 2 aromatic rings. The Morgan fingerprint density at radius 2 is 2.11 bits per heavy atom. The number of halogens is 1. The molecule has 0 fully saturated rings. The smallest absolute Gasteiger partial charge is 0.130 e. The largest absolute Gasteiger partial charge is 0.496 e. The highest BCUT2D eigenvalue weighted by molar-refractivity contribution is 5.72. The van der Waals surface area contributed by atoms with Gasteiger partial charge in [-0.2, -0.15) is 0 Å². The minimum atomic E-state index is -0.338. The highest BCUT2D eigenvalue weighted by Gasteiger charge is 2.15.